The molecule has 0 aliphatic heterocycles. The standard InChI is InChI=1S/C25H36O2.H2O/c26-24-20(13-7-15-22(24)18-9-3-1-4-10-18)17-21-14-8-16-23(25(21)27)19-11-5-2-6-12-19;/h20-21H,1-17H2;1H2/t20-,21-;/m1./s1. The number of carbonyl (C=O) groups excluding carboxylic acids is 2. The third kappa shape index (κ3) is 4.67. The molecule has 0 heterocycles. The van der Waals surface area contributed by atoms with Crippen molar-refractivity contribution in [3.8, 4) is 0 Å². The van der Waals surface area contributed by atoms with Gasteiger partial charge in [0, 0.05) is 11.8 Å². The number of rotatable bonds is 2. The fraction of sp³-hybridized carbons (Fsp3) is 0.760. The molecule has 0 amide bonds. The van der Waals surface area contributed by atoms with E-state index in [1.54, 1.807) is 0 Å². The molecule has 3 nitrogen and oxygen atoms in total. The van der Waals surface area contributed by atoms with Crippen molar-refractivity contribution >= 4 is 11.6 Å². The lowest BCUT2D eigenvalue weighted by Crippen LogP contribution is -2.30. The van der Waals surface area contributed by atoms with Crippen molar-refractivity contribution in [2.24, 2.45) is 11.8 Å². The molecular weight excluding hydrogens is 348 g/mol. The van der Waals surface area contributed by atoms with Crippen LogP contribution in [0.15, 0.2) is 22.3 Å². The smallest absolute Gasteiger partial charge is 0.161 e. The minimum atomic E-state index is 0. The fourth-order valence-corrected chi connectivity index (χ4v) is 6.11. The van der Waals surface area contributed by atoms with E-state index >= 15 is 0 Å². The molecule has 4 aliphatic carbocycles. The molecule has 0 aromatic heterocycles. The molecule has 0 aromatic rings. The molecule has 0 bridgehead atoms. The second kappa shape index (κ2) is 10.0. The fourth-order valence-electron chi connectivity index (χ4n) is 6.11. The lowest BCUT2D eigenvalue weighted by Gasteiger charge is -2.32. The molecule has 2 N–H and O–H groups in total. The highest BCUT2D eigenvalue weighted by Gasteiger charge is 2.35. The van der Waals surface area contributed by atoms with Gasteiger partial charge in [-0.15, -0.1) is 0 Å². The first-order valence-electron chi connectivity index (χ1n) is 11.7. The van der Waals surface area contributed by atoms with E-state index in [0.29, 0.717) is 11.6 Å². The van der Waals surface area contributed by atoms with E-state index < -0.39 is 0 Å². The van der Waals surface area contributed by atoms with E-state index in [1.165, 1.54) is 60.8 Å². The molecule has 4 saturated carbocycles. The van der Waals surface area contributed by atoms with E-state index in [9.17, 15) is 9.59 Å². The van der Waals surface area contributed by atoms with Gasteiger partial charge >= 0.3 is 0 Å². The third-order valence-corrected chi connectivity index (χ3v) is 7.63. The van der Waals surface area contributed by atoms with Gasteiger partial charge in [-0.25, -0.2) is 0 Å². The Morgan fingerprint density at radius 2 is 0.929 bits per heavy atom. The molecule has 0 aromatic carbocycles. The largest absolute Gasteiger partial charge is 0.412 e. The Morgan fingerprint density at radius 1 is 0.536 bits per heavy atom. The van der Waals surface area contributed by atoms with Gasteiger partial charge in [-0.05, 0) is 107 Å². The number of ketones is 2. The summed E-state index contributed by atoms with van der Waals surface area (Å²) in [6, 6.07) is 0. The van der Waals surface area contributed by atoms with Gasteiger partial charge in [0.25, 0.3) is 0 Å². The van der Waals surface area contributed by atoms with Crippen LogP contribution in [0.25, 0.3) is 0 Å². The minimum Gasteiger partial charge on any atom is -0.412 e. The molecule has 4 aliphatic rings. The minimum absolute atomic E-state index is 0. The molecule has 3 heteroatoms. The molecular formula is C25H38O3. The zero-order valence-electron chi connectivity index (χ0n) is 17.5. The second-order valence-electron chi connectivity index (χ2n) is 9.43. The van der Waals surface area contributed by atoms with Gasteiger partial charge in [-0.3, -0.25) is 9.59 Å². The van der Waals surface area contributed by atoms with Crippen molar-refractivity contribution in [1.29, 1.82) is 0 Å². The highest BCUT2D eigenvalue weighted by molar-refractivity contribution is 6.01. The molecule has 4 fully saturated rings. The zero-order valence-corrected chi connectivity index (χ0v) is 17.5. The van der Waals surface area contributed by atoms with E-state index in [4.69, 9.17) is 0 Å². The highest BCUT2D eigenvalue weighted by atomic mass is 16.1. The van der Waals surface area contributed by atoms with Gasteiger partial charge in [0.1, 0.15) is 0 Å². The summed E-state index contributed by atoms with van der Waals surface area (Å²) in [5.74, 6) is 1.08. The van der Waals surface area contributed by atoms with E-state index in [1.807, 2.05) is 0 Å². The van der Waals surface area contributed by atoms with Crippen LogP contribution < -0.4 is 0 Å². The summed E-state index contributed by atoms with van der Waals surface area (Å²) in [6.07, 6.45) is 19.4. The Kier molecular flexibility index (Phi) is 7.68. The van der Waals surface area contributed by atoms with Crippen LogP contribution in [0.1, 0.15) is 109 Å². The summed E-state index contributed by atoms with van der Waals surface area (Å²) < 4.78 is 0. The lowest BCUT2D eigenvalue weighted by atomic mass is 9.71. The average molecular weight is 387 g/mol. The second-order valence-corrected chi connectivity index (χ2v) is 9.43. The first kappa shape index (κ1) is 21.5. The molecule has 0 unspecified atom stereocenters. The van der Waals surface area contributed by atoms with Crippen molar-refractivity contribution in [3.05, 3.63) is 22.3 Å². The van der Waals surface area contributed by atoms with Gasteiger partial charge in [0.15, 0.2) is 11.6 Å². The van der Waals surface area contributed by atoms with Gasteiger partial charge in [0.2, 0.25) is 0 Å². The van der Waals surface area contributed by atoms with Crippen LogP contribution in [0.2, 0.25) is 0 Å². The molecule has 0 saturated heterocycles. The molecule has 4 rings (SSSR count). The summed E-state index contributed by atoms with van der Waals surface area (Å²) in [5.41, 5.74) is 5.30. The molecule has 0 radical (unpaired) electrons. The SMILES string of the molecule is O.O=C1C(=C2CCCCC2)CCC[C@@H]1C[C@H]1CCCC(=C2CCCCC2)C1=O. The van der Waals surface area contributed by atoms with Crippen LogP contribution in [0.4, 0.5) is 0 Å². The van der Waals surface area contributed by atoms with Gasteiger partial charge in [0.05, 0.1) is 0 Å². The molecule has 2 atom stereocenters. The number of carbonyl (C=O) groups is 2. The Hall–Kier alpha value is -1.22. The van der Waals surface area contributed by atoms with E-state index in [2.05, 4.69) is 0 Å². The Labute approximate surface area is 170 Å². The summed E-state index contributed by atoms with van der Waals surface area (Å²) in [6.45, 7) is 0. The maximum absolute atomic E-state index is 13.2. The van der Waals surface area contributed by atoms with Crippen LogP contribution in [-0.4, -0.2) is 17.0 Å². The third-order valence-electron chi connectivity index (χ3n) is 7.63. The van der Waals surface area contributed by atoms with Crippen LogP contribution in [0, 0.1) is 11.8 Å². The Bertz CT molecular complexity index is 583. The summed E-state index contributed by atoms with van der Waals surface area (Å²) in [5, 5.41) is 0. The number of hydrogen-bond donors (Lipinski definition) is 0. The number of hydrogen-bond acceptors (Lipinski definition) is 2. The topological polar surface area (TPSA) is 65.6 Å². The van der Waals surface area contributed by atoms with E-state index in [-0.39, 0.29) is 17.3 Å². The molecule has 0 spiro atoms. The average Bonchev–Trinajstić information content (AvgIpc) is 2.72. The zero-order chi connectivity index (χ0) is 18.6. The molecule has 156 valence electrons. The monoisotopic (exact) mass is 386 g/mol. The van der Waals surface area contributed by atoms with Crippen molar-refractivity contribution in [3.63, 3.8) is 0 Å². The summed E-state index contributed by atoms with van der Waals surface area (Å²) in [4.78, 5) is 26.4. The van der Waals surface area contributed by atoms with Crippen molar-refractivity contribution in [2.75, 3.05) is 0 Å². The lowest BCUT2D eigenvalue weighted by molar-refractivity contribution is -0.124. The quantitative estimate of drug-likeness (QED) is 0.562. The van der Waals surface area contributed by atoms with Crippen LogP contribution in [-0.2, 0) is 9.59 Å². The van der Waals surface area contributed by atoms with Gasteiger partial charge < -0.3 is 5.48 Å². The summed E-state index contributed by atoms with van der Waals surface area (Å²) >= 11 is 0. The van der Waals surface area contributed by atoms with Gasteiger partial charge in [-0.1, -0.05) is 24.0 Å². The first-order chi connectivity index (χ1) is 13.2. The highest BCUT2D eigenvalue weighted by Crippen LogP contribution is 2.40. The predicted octanol–water partition coefficient (Wildman–Crippen LogP) is 5.81. The maximum Gasteiger partial charge on any atom is 0.161 e. The summed E-state index contributed by atoms with van der Waals surface area (Å²) in [7, 11) is 0. The van der Waals surface area contributed by atoms with Crippen LogP contribution in [0.5, 0.6) is 0 Å². The predicted molar refractivity (Wildman–Crippen MR) is 113 cm³/mol. The van der Waals surface area contributed by atoms with E-state index in [0.717, 1.165) is 70.6 Å². The van der Waals surface area contributed by atoms with Crippen LogP contribution >= 0.6 is 0 Å². The maximum atomic E-state index is 13.2. The number of allylic oxidation sites excluding steroid dienone is 4. The van der Waals surface area contributed by atoms with Crippen molar-refractivity contribution in [2.45, 2.75) is 109 Å². The molecule has 28 heavy (non-hydrogen) atoms. The van der Waals surface area contributed by atoms with Crippen molar-refractivity contribution < 1.29 is 15.1 Å². The van der Waals surface area contributed by atoms with Gasteiger partial charge in [-0.2, -0.15) is 0 Å². The first-order valence-corrected chi connectivity index (χ1v) is 11.7. The van der Waals surface area contributed by atoms with Crippen molar-refractivity contribution in [1.82, 2.24) is 0 Å². The number of Topliss-reactive ketones (excluding diaryl/α,β-unsaturated/α-hetero) is 2. The van der Waals surface area contributed by atoms with Crippen LogP contribution in [0.3, 0.4) is 0 Å². The Morgan fingerprint density at radius 3 is 1.32 bits per heavy atom. The normalized spacial score (nSPS) is 29.7. The Balaban J connectivity index is 0.00000225.